The number of nitrogens with zero attached hydrogens (tertiary/aromatic N) is 2. The lowest BCUT2D eigenvalue weighted by Gasteiger charge is -2.33. The van der Waals surface area contributed by atoms with Crippen LogP contribution in [0.3, 0.4) is 0 Å². The molecule has 2 aliphatic carbocycles. The van der Waals surface area contributed by atoms with Crippen molar-refractivity contribution >= 4 is 17.8 Å². The zero-order valence-electron chi connectivity index (χ0n) is 17.1. The molecule has 0 atom stereocenters. The van der Waals surface area contributed by atoms with E-state index in [2.05, 4.69) is 25.8 Å². The zero-order valence-corrected chi connectivity index (χ0v) is 17.1. The molecule has 30 heavy (non-hydrogen) atoms. The Bertz CT molecular complexity index is 839. The van der Waals surface area contributed by atoms with Crippen molar-refractivity contribution < 1.29 is 14.3 Å². The van der Waals surface area contributed by atoms with Crippen LogP contribution in [-0.2, 0) is 16.1 Å². The molecule has 0 saturated heterocycles. The molecule has 160 valence electrons. The number of rotatable bonds is 6. The second-order valence-electron chi connectivity index (χ2n) is 8.25. The second kappa shape index (κ2) is 9.73. The fraction of sp³-hybridized carbons (Fsp3) is 0.545. The average molecular weight is 412 g/mol. The van der Waals surface area contributed by atoms with Gasteiger partial charge in [-0.05, 0) is 37.8 Å². The van der Waals surface area contributed by atoms with E-state index in [0.29, 0.717) is 12.4 Å². The van der Waals surface area contributed by atoms with Gasteiger partial charge in [-0.1, -0.05) is 31.7 Å². The third kappa shape index (κ3) is 5.37. The molecule has 8 nitrogen and oxygen atoms in total. The van der Waals surface area contributed by atoms with Crippen molar-refractivity contribution in [1.82, 2.24) is 20.5 Å². The maximum Gasteiger partial charge on any atom is 0.407 e. The Morgan fingerprint density at radius 3 is 2.67 bits per heavy atom. The van der Waals surface area contributed by atoms with E-state index in [1.54, 1.807) is 6.20 Å². The molecule has 2 aromatic rings. The minimum absolute atomic E-state index is 0.0893. The van der Waals surface area contributed by atoms with Crippen LogP contribution in [0, 0.1) is 5.92 Å². The third-order valence-corrected chi connectivity index (χ3v) is 6.01. The van der Waals surface area contributed by atoms with Crippen LogP contribution in [0.25, 0.3) is 0 Å². The van der Waals surface area contributed by atoms with Gasteiger partial charge in [0, 0.05) is 24.1 Å². The summed E-state index contributed by atoms with van der Waals surface area (Å²) in [6.07, 6.45) is 9.27. The zero-order chi connectivity index (χ0) is 20.8. The Morgan fingerprint density at radius 2 is 1.93 bits per heavy atom. The van der Waals surface area contributed by atoms with Crippen molar-refractivity contribution in [2.45, 2.75) is 69.9 Å². The first-order chi connectivity index (χ1) is 14.7. The fourth-order valence-electron chi connectivity index (χ4n) is 4.15. The van der Waals surface area contributed by atoms with Crippen molar-refractivity contribution in [3.63, 3.8) is 0 Å². The second-order valence-corrected chi connectivity index (χ2v) is 8.25. The molecule has 2 aliphatic rings. The molecule has 0 radical (unpaired) electrons. The van der Waals surface area contributed by atoms with Gasteiger partial charge in [-0.15, -0.1) is 0 Å². The van der Waals surface area contributed by atoms with Crippen molar-refractivity contribution in [1.29, 1.82) is 0 Å². The Balaban J connectivity index is 1.18. The highest BCUT2D eigenvalue weighted by atomic mass is 16.6. The summed E-state index contributed by atoms with van der Waals surface area (Å²) in [6.45, 7) is 0.346. The first-order valence-corrected chi connectivity index (χ1v) is 10.9. The molecule has 4 rings (SSSR count). The quantitative estimate of drug-likeness (QED) is 0.625. The van der Waals surface area contributed by atoms with Crippen molar-refractivity contribution in [3.8, 4) is 0 Å². The van der Waals surface area contributed by atoms with Gasteiger partial charge in [0.2, 0.25) is 5.91 Å². The van der Waals surface area contributed by atoms with Gasteiger partial charge in [0.25, 0.3) is 0 Å². The van der Waals surface area contributed by atoms with Gasteiger partial charge in [0.05, 0.1) is 17.9 Å². The van der Waals surface area contributed by atoms with Crippen LogP contribution in [0.15, 0.2) is 30.5 Å². The van der Waals surface area contributed by atoms with Crippen molar-refractivity contribution in [3.05, 3.63) is 41.9 Å². The molecular formula is C22H29N5O3. The topological polar surface area (TPSA) is 109 Å². The predicted octanol–water partition coefficient (Wildman–Crippen LogP) is 3.89. The molecule has 0 spiro atoms. The first kappa shape index (κ1) is 20.4. The number of carbonyl (C=O) groups is 2. The Labute approximate surface area is 176 Å². The lowest BCUT2D eigenvalue weighted by molar-refractivity contribution is -0.120. The first-order valence-electron chi connectivity index (χ1n) is 10.9. The molecule has 2 fully saturated rings. The standard InChI is InChI=1S/C22H29N5O3/c28-21(15-7-3-1-2-4-8-15)25-20-13-19(26-27-20)16-11-18(12-16)30-22(29)24-14-17-9-5-6-10-23-17/h5-6,9-10,13,15-16,18H,1-4,7-8,11-12,14H2,(H,24,29)(H2,25,26,27,28)/t16-,18+. The van der Waals surface area contributed by atoms with Crippen LogP contribution in [-0.4, -0.2) is 33.3 Å². The number of carbonyl (C=O) groups excluding carboxylic acids is 2. The minimum Gasteiger partial charge on any atom is -0.446 e. The minimum atomic E-state index is -0.428. The fourth-order valence-corrected chi connectivity index (χ4v) is 4.15. The van der Waals surface area contributed by atoms with Gasteiger partial charge in [-0.2, -0.15) is 5.10 Å². The number of aromatic nitrogens is 3. The summed E-state index contributed by atoms with van der Waals surface area (Å²) < 4.78 is 5.44. The third-order valence-electron chi connectivity index (χ3n) is 6.01. The summed E-state index contributed by atoms with van der Waals surface area (Å²) >= 11 is 0. The smallest absolute Gasteiger partial charge is 0.407 e. The van der Waals surface area contributed by atoms with E-state index in [9.17, 15) is 9.59 Å². The van der Waals surface area contributed by atoms with Gasteiger partial charge >= 0.3 is 6.09 Å². The van der Waals surface area contributed by atoms with Gasteiger partial charge in [-0.25, -0.2) is 4.79 Å². The van der Waals surface area contributed by atoms with Gasteiger partial charge in [0.1, 0.15) is 11.9 Å². The maximum absolute atomic E-state index is 12.5. The molecule has 2 heterocycles. The van der Waals surface area contributed by atoms with E-state index >= 15 is 0 Å². The molecule has 0 bridgehead atoms. The van der Waals surface area contributed by atoms with Crippen LogP contribution in [0.2, 0.25) is 0 Å². The predicted molar refractivity (Wildman–Crippen MR) is 112 cm³/mol. The lowest BCUT2D eigenvalue weighted by atomic mass is 9.80. The molecule has 0 aromatic carbocycles. The normalized spacial score (nSPS) is 21.9. The van der Waals surface area contributed by atoms with Crippen LogP contribution in [0.1, 0.15) is 68.7 Å². The number of anilines is 1. The van der Waals surface area contributed by atoms with E-state index in [0.717, 1.165) is 49.9 Å². The highest BCUT2D eigenvalue weighted by Crippen LogP contribution is 2.38. The SMILES string of the molecule is O=C(NCc1ccccn1)O[C@H]1C[C@@H](c2cc(NC(=O)C3CCCCCC3)[nH]n2)C1. The van der Waals surface area contributed by atoms with E-state index in [1.807, 2.05) is 24.3 Å². The number of ether oxygens (including phenoxy) is 1. The number of aromatic amines is 1. The van der Waals surface area contributed by atoms with Crippen LogP contribution >= 0.6 is 0 Å². The van der Waals surface area contributed by atoms with Gasteiger partial charge in [-0.3, -0.25) is 14.9 Å². The highest BCUT2D eigenvalue weighted by molar-refractivity contribution is 5.91. The largest absolute Gasteiger partial charge is 0.446 e. The van der Waals surface area contributed by atoms with Crippen LogP contribution in [0.4, 0.5) is 10.6 Å². The monoisotopic (exact) mass is 411 g/mol. The van der Waals surface area contributed by atoms with E-state index < -0.39 is 6.09 Å². The molecular weight excluding hydrogens is 382 g/mol. The molecule has 2 amide bonds. The van der Waals surface area contributed by atoms with Crippen molar-refractivity contribution in [2.24, 2.45) is 5.92 Å². The number of pyridine rings is 1. The van der Waals surface area contributed by atoms with E-state index in [1.165, 1.54) is 12.8 Å². The van der Waals surface area contributed by atoms with Gasteiger partial charge in [0.15, 0.2) is 0 Å². The average Bonchev–Trinajstić information content (AvgIpc) is 3.00. The number of alkyl carbamates (subject to hydrolysis) is 1. The molecule has 2 saturated carbocycles. The highest BCUT2D eigenvalue weighted by Gasteiger charge is 2.35. The number of H-pyrrole nitrogens is 1. The molecule has 2 aromatic heterocycles. The Hall–Kier alpha value is -2.90. The van der Waals surface area contributed by atoms with Gasteiger partial charge < -0.3 is 15.4 Å². The van der Waals surface area contributed by atoms with Crippen molar-refractivity contribution in [2.75, 3.05) is 5.32 Å². The molecule has 8 heteroatoms. The summed E-state index contributed by atoms with van der Waals surface area (Å²) in [5.74, 6) is 1.08. The Morgan fingerprint density at radius 1 is 1.13 bits per heavy atom. The number of amides is 2. The summed E-state index contributed by atoms with van der Waals surface area (Å²) in [4.78, 5) is 28.6. The van der Waals surface area contributed by atoms with E-state index in [4.69, 9.17) is 4.74 Å². The van der Waals surface area contributed by atoms with Crippen LogP contribution in [0.5, 0.6) is 0 Å². The summed E-state index contributed by atoms with van der Waals surface area (Å²) in [7, 11) is 0. The summed E-state index contributed by atoms with van der Waals surface area (Å²) in [5, 5.41) is 13.0. The maximum atomic E-state index is 12.5. The summed E-state index contributed by atoms with van der Waals surface area (Å²) in [5.41, 5.74) is 1.69. The molecule has 3 N–H and O–H groups in total. The molecule has 0 unspecified atom stereocenters. The number of hydrogen-bond acceptors (Lipinski definition) is 5. The Kier molecular flexibility index (Phi) is 6.61. The lowest BCUT2D eigenvalue weighted by Crippen LogP contribution is -2.36. The van der Waals surface area contributed by atoms with E-state index in [-0.39, 0.29) is 23.8 Å². The summed E-state index contributed by atoms with van der Waals surface area (Å²) in [6, 6.07) is 7.46. The number of hydrogen-bond donors (Lipinski definition) is 3. The van der Waals surface area contributed by atoms with Crippen LogP contribution < -0.4 is 10.6 Å². The number of nitrogens with one attached hydrogen (secondary N) is 3. The molecule has 0 aliphatic heterocycles.